The van der Waals surface area contributed by atoms with Gasteiger partial charge in [0, 0.05) is 0 Å². The molecule has 0 saturated carbocycles. The van der Waals surface area contributed by atoms with E-state index in [1.807, 2.05) is 27.7 Å². The molecule has 23 heavy (non-hydrogen) atoms. The molecular weight excluding hydrogens is 320 g/mol. The standard InChI is InChI=1S/C16H30O6S/c1-14(2,3)13(17)22-23(18,19)11-15(4,5)10-16(6,7)21-9-12-8-20-12/h12H,8-11H2,1-7H3. The van der Waals surface area contributed by atoms with Crippen LogP contribution < -0.4 is 0 Å². The number of rotatable bonds is 8. The number of epoxide rings is 1. The van der Waals surface area contributed by atoms with Crippen LogP contribution >= 0.6 is 0 Å². The second-order valence-corrected chi connectivity index (χ2v) is 10.3. The Labute approximate surface area is 140 Å². The molecule has 1 aliphatic heterocycles. The molecule has 1 atom stereocenters. The minimum Gasteiger partial charge on any atom is -0.373 e. The summed E-state index contributed by atoms with van der Waals surface area (Å²) in [5.41, 5.74) is -1.94. The Morgan fingerprint density at radius 2 is 1.65 bits per heavy atom. The van der Waals surface area contributed by atoms with Crippen LogP contribution in [-0.4, -0.2) is 45.1 Å². The summed E-state index contributed by atoms with van der Waals surface area (Å²) in [7, 11) is -3.94. The second kappa shape index (κ2) is 6.69. The van der Waals surface area contributed by atoms with E-state index in [0.717, 1.165) is 6.61 Å². The maximum absolute atomic E-state index is 12.2. The summed E-state index contributed by atoms with van der Waals surface area (Å²) >= 11 is 0. The molecule has 7 heteroatoms. The van der Waals surface area contributed by atoms with Crippen LogP contribution in [0, 0.1) is 10.8 Å². The van der Waals surface area contributed by atoms with Crippen molar-refractivity contribution in [1.82, 2.24) is 0 Å². The summed E-state index contributed by atoms with van der Waals surface area (Å²) in [5, 5.41) is 0. The molecule has 0 amide bonds. The molecule has 0 aliphatic carbocycles. The van der Waals surface area contributed by atoms with Gasteiger partial charge in [0.05, 0.1) is 30.0 Å². The van der Waals surface area contributed by atoms with Crippen LogP contribution in [-0.2, 0) is 28.6 Å². The summed E-state index contributed by atoms with van der Waals surface area (Å²) in [6.07, 6.45) is 0.674. The Morgan fingerprint density at radius 1 is 1.13 bits per heavy atom. The van der Waals surface area contributed by atoms with Gasteiger partial charge in [-0.05, 0) is 46.5 Å². The topological polar surface area (TPSA) is 82.2 Å². The number of carbonyl (C=O) groups excluding carboxylic acids is 1. The number of ether oxygens (including phenoxy) is 2. The number of hydrogen-bond acceptors (Lipinski definition) is 6. The molecule has 136 valence electrons. The smallest absolute Gasteiger partial charge is 0.327 e. The summed E-state index contributed by atoms with van der Waals surface area (Å²) in [6.45, 7) is 13.6. The fraction of sp³-hybridized carbons (Fsp3) is 0.938. The summed E-state index contributed by atoms with van der Waals surface area (Å²) in [6, 6.07) is 0. The van der Waals surface area contributed by atoms with E-state index in [0.29, 0.717) is 13.0 Å². The zero-order valence-corrected chi connectivity index (χ0v) is 16.1. The molecule has 0 aromatic rings. The van der Waals surface area contributed by atoms with Crippen molar-refractivity contribution in [3.63, 3.8) is 0 Å². The molecule has 0 aromatic heterocycles. The zero-order chi connectivity index (χ0) is 18.1. The Bertz CT molecular complexity index is 523. The summed E-state index contributed by atoms with van der Waals surface area (Å²) in [5.74, 6) is -0.983. The van der Waals surface area contributed by atoms with Gasteiger partial charge in [0.2, 0.25) is 0 Å². The van der Waals surface area contributed by atoms with Crippen molar-refractivity contribution < 1.29 is 26.9 Å². The number of hydrogen-bond donors (Lipinski definition) is 0. The molecule has 0 N–H and O–H groups in total. The lowest BCUT2D eigenvalue weighted by Gasteiger charge is -2.34. The lowest BCUT2D eigenvalue weighted by atomic mass is 9.83. The summed E-state index contributed by atoms with van der Waals surface area (Å²) in [4.78, 5) is 11.8. The van der Waals surface area contributed by atoms with Crippen LogP contribution in [0.1, 0.15) is 54.9 Å². The average molecular weight is 350 g/mol. The fourth-order valence-corrected chi connectivity index (χ4v) is 4.08. The van der Waals surface area contributed by atoms with Crippen LogP contribution in [0.4, 0.5) is 0 Å². The molecule has 6 nitrogen and oxygen atoms in total. The fourth-order valence-electron chi connectivity index (χ4n) is 2.49. The monoisotopic (exact) mass is 350 g/mol. The highest BCUT2D eigenvalue weighted by atomic mass is 32.2. The Morgan fingerprint density at radius 3 is 2.09 bits per heavy atom. The first-order valence-electron chi connectivity index (χ1n) is 7.84. The average Bonchev–Trinajstić information content (AvgIpc) is 3.04. The molecule has 0 spiro atoms. The van der Waals surface area contributed by atoms with Crippen molar-refractivity contribution in [1.29, 1.82) is 0 Å². The van der Waals surface area contributed by atoms with Crippen molar-refractivity contribution in [3.05, 3.63) is 0 Å². The van der Waals surface area contributed by atoms with E-state index >= 15 is 0 Å². The highest BCUT2D eigenvalue weighted by Gasteiger charge is 2.37. The van der Waals surface area contributed by atoms with Gasteiger partial charge in [0.1, 0.15) is 6.10 Å². The van der Waals surface area contributed by atoms with Gasteiger partial charge in [-0.3, -0.25) is 4.79 Å². The van der Waals surface area contributed by atoms with E-state index in [9.17, 15) is 13.2 Å². The predicted octanol–water partition coefficient (Wildman–Crippen LogP) is 2.52. The van der Waals surface area contributed by atoms with E-state index in [2.05, 4.69) is 0 Å². The van der Waals surface area contributed by atoms with Gasteiger partial charge in [-0.15, -0.1) is 0 Å². The Balaban J connectivity index is 2.62. The van der Waals surface area contributed by atoms with Crippen LogP contribution in [0.25, 0.3) is 0 Å². The SMILES string of the molecule is CC(C)(CC(C)(C)OCC1CO1)CS(=O)(=O)OC(=O)C(C)(C)C. The molecule has 1 heterocycles. The number of carbonyl (C=O) groups is 1. The van der Waals surface area contributed by atoms with E-state index in [1.54, 1.807) is 20.8 Å². The normalized spacial score (nSPS) is 19.5. The molecule has 0 aromatic carbocycles. The quantitative estimate of drug-likeness (QED) is 0.494. The molecule has 1 fully saturated rings. The third kappa shape index (κ3) is 8.13. The first-order valence-corrected chi connectivity index (χ1v) is 9.42. The van der Waals surface area contributed by atoms with E-state index in [-0.39, 0.29) is 11.9 Å². The van der Waals surface area contributed by atoms with Crippen LogP contribution in [0.2, 0.25) is 0 Å². The van der Waals surface area contributed by atoms with Crippen molar-refractivity contribution in [3.8, 4) is 0 Å². The van der Waals surface area contributed by atoms with Crippen LogP contribution in [0.15, 0.2) is 0 Å². The van der Waals surface area contributed by atoms with Crippen LogP contribution in [0.5, 0.6) is 0 Å². The maximum Gasteiger partial charge on any atom is 0.327 e. The van der Waals surface area contributed by atoms with Gasteiger partial charge in [-0.25, -0.2) is 0 Å². The largest absolute Gasteiger partial charge is 0.373 e. The second-order valence-electron chi connectivity index (χ2n) is 8.69. The van der Waals surface area contributed by atoms with Gasteiger partial charge in [0.25, 0.3) is 0 Å². The minimum atomic E-state index is -3.94. The lowest BCUT2D eigenvalue weighted by Crippen LogP contribution is -2.38. The summed E-state index contributed by atoms with van der Waals surface area (Å²) < 4.78 is 40.0. The lowest BCUT2D eigenvalue weighted by molar-refractivity contribution is -0.142. The Hall–Kier alpha value is -0.660. The van der Waals surface area contributed by atoms with E-state index in [4.69, 9.17) is 13.7 Å². The first kappa shape index (κ1) is 20.4. The molecular formula is C16H30O6S. The van der Waals surface area contributed by atoms with Gasteiger partial charge in [-0.2, -0.15) is 8.42 Å². The van der Waals surface area contributed by atoms with Crippen molar-refractivity contribution in [2.45, 2.75) is 66.6 Å². The minimum absolute atomic E-state index is 0.161. The molecule has 0 bridgehead atoms. The first-order chi connectivity index (χ1) is 10.1. The van der Waals surface area contributed by atoms with Gasteiger partial charge in [-0.1, -0.05) is 13.8 Å². The Kier molecular flexibility index (Phi) is 5.93. The van der Waals surface area contributed by atoms with Crippen molar-refractivity contribution in [2.75, 3.05) is 19.0 Å². The van der Waals surface area contributed by atoms with Gasteiger partial charge in [0.15, 0.2) is 0 Å². The van der Waals surface area contributed by atoms with Crippen molar-refractivity contribution in [2.24, 2.45) is 10.8 Å². The van der Waals surface area contributed by atoms with Crippen molar-refractivity contribution >= 4 is 16.1 Å². The molecule has 1 rings (SSSR count). The molecule has 0 radical (unpaired) electrons. The highest BCUT2D eigenvalue weighted by Crippen LogP contribution is 2.33. The van der Waals surface area contributed by atoms with E-state index < -0.39 is 32.5 Å². The molecule has 1 unspecified atom stereocenters. The van der Waals surface area contributed by atoms with Gasteiger partial charge >= 0.3 is 16.1 Å². The maximum atomic E-state index is 12.2. The molecule has 1 saturated heterocycles. The zero-order valence-electron chi connectivity index (χ0n) is 15.3. The highest BCUT2D eigenvalue weighted by molar-refractivity contribution is 7.87. The van der Waals surface area contributed by atoms with E-state index in [1.165, 1.54) is 0 Å². The third-order valence-electron chi connectivity index (χ3n) is 3.35. The van der Waals surface area contributed by atoms with Gasteiger partial charge < -0.3 is 13.7 Å². The molecule has 1 aliphatic rings. The third-order valence-corrected chi connectivity index (χ3v) is 4.89. The van der Waals surface area contributed by atoms with Crippen LogP contribution in [0.3, 0.4) is 0 Å². The predicted molar refractivity (Wildman–Crippen MR) is 87.5 cm³/mol.